The van der Waals surface area contributed by atoms with Crippen molar-refractivity contribution in [3.63, 3.8) is 0 Å². The second kappa shape index (κ2) is 10.2. The van der Waals surface area contributed by atoms with Crippen LogP contribution in [-0.4, -0.2) is 31.1 Å². The van der Waals surface area contributed by atoms with E-state index in [2.05, 4.69) is 5.32 Å². The number of benzene rings is 1. The molecule has 0 aromatic heterocycles. The number of nitrogens with one attached hydrogen (secondary N) is 1. The van der Waals surface area contributed by atoms with Crippen molar-refractivity contribution in [2.24, 2.45) is 11.7 Å². The minimum Gasteiger partial charge on any atom is -1.00 e. The van der Waals surface area contributed by atoms with Gasteiger partial charge in [0.05, 0.1) is 13.2 Å². The summed E-state index contributed by atoms with van der Waals surface area (Å²) in [5, 5.41) is 2.68. The Morgan fingerprint density at radius 1 is 1.23 bits per heavy atom. The molecule has 0 fully saturated rings. The first-order valence-corrected chi connectivity index (χ1v) is 7.11. The van der Waals surface area contributed by atoms with Gasteiger partial charge in [-0.15, -0.1) is 0 Å². The van der Waals surface area contributed by atoms with Gasteiger partial charge >= 0.3 is 5.97 Å². The summed E-state index contributed by atoms with van der Waals surface area (Å²) in [7, 11) is 1.31. The number of hydrogen-bond acceptors (Lipinski definition) is 4. The Balaban J connectivity index is 0.00000441. The summed E-state index contributed by atoms with van der Waals surface area (Å²) in [6, 6.07) is 8.20. The maximum Gasteiger partial charge on any atom is 0.328 e. The van der Waals surface area contributed by atoms with E-state index < -0.39 is 18.1 Å². The molecular weight excluding hydrogens is 304 g/mol. The van der Waals surface area contributed by atoms with E-state index in [9.17, 15) is 9.59 Å². The van der Waals surface area contributed by atoms with Crippen LogP contribution in [0, 0.1) is 5.92 Å². The van der Waals surface area contributed by atoms with Crippen molar-refractivity contribution in [2.75, 3.05) is 7.11 Å². The van der Waals surface area contributed by atoms with E-state index in [1.807, 2.05) is 44.2 Å². The first-order chi connectivity index (χ1) is 9.93. The summed E-state index contributed by atoms with van der Waals surface area (Å²) in [5.41, 5.74) is 6.89. The number of halogens is 1. The summed E-state index contributed by atoms with van der Waals surface area (Å²) in [6.07, 6.45) is 0.957. The number of methoxy groups -OCH3 is 1. The normalized spacial score (nSPS) is 13.0. The average Bonchev–Trinajstić information content (AvgIpc) is 2.46. The van der Waals surface area contributed by atoms with Gasteiger partial charge in [0.2, 0.25) is 5.91 Å². The van der Waals surface area contributed by atoms with Gasteiger partial charge in [-0.05, 0) is 24.3 Å². The van der Waals surface area contributed by atoms with Crippen LogP contribution in [0.5, 0.6) is 0 Å². The first kappa shape index (κ1) is 20.4. The van der Waals surface area contributed by atoms with Crippen molar-refractivity contribution in [2.45, 2.75) is 38.8 Å². The van der Waals surface area contributed by atoms with Crippen molar-refractivity contribution in [1.82, 2.24) is 5.32 Å². The number of rotatable bonds is 7. The number of carbonyl (C=O) groups is 2. The van der Waals surface area contributed by atoms with Crippen LogP contribution in [0.3, 0.4) is 0 Å². The zero-order chi connectivity index (χ0) is 15.8. The number of nitrogens with two attached hydrogens (primary N) is 1. The van der Waals surface area contributed by atoms with Gasteiger partial charge in [0.25, 0.3) is 0 Å². The highest BCUT2D eigenvalue weighted by Crippen LogP contribution is 2.07. The van der Waals surface area contributed by atoms with Gasteiger partial charge in [0, 0.05) is 0 Å². The number of carbonyl (C=O) groups excluding carboxylic acids is 2. The molecule has 6 heteroatoms. The molecule has 0 spiro atoms. The summed E-state index contributed by atoms with van der Waals surface area (Å²) in [6.45, 7) is 3.96. The fourth-order valence-corrected chi connectivity index (χ4v) is 2.07. The molecule has 0 aliphatic heterocycles. The van der Waals surface area contributed by atoms with E-state index in [4.69, 9.17) is 10.5 Å². The predicted octanol–water partition coefficient (Wildman–Crippen LogP) is -1.74. The zero-order valence-corrected chi connectivity index (χ0v) is 14.0. The van der Waals surface area contributed by atoms with Crippen molar-refractivity contribution in [3.05, 3.63) is 35.9 Å². The topological polar surface area (TPSA) is 81.4 Å². The van der Waals surface area contributed by atoms with Crippen LogP contribution in [0.2, 0.25) is 0 Å². The highest BCUT2D eigenvalue weighted by Gasteiger charge is 2.25. The molecule has 0 saturated heterocycles. The Morgan fingerprint density at radius 2 is 1.82 bits per heavy atom. The molecular formula is C16H24ClN2O3-. The number of esters is 1. The molecule has 2 atom stereocenters. The number of hydrogen-bond donors (Lipinski definition) is 2. The summed E-state index contributed by atoms with van der Waals surface area (Å²) in [4.78, 5) is 23.8. The highest BCUT2D eigenvalue weighted by molar-refractivity contribution is 5.87. The SMILES string of the molecule is COC(=O)C(CC(C)C)NC(=O)C(N)Cc1ccccc1.[Cl-]. The molecule has 1 amide bonds. The molecule has 0 saturated carbocycles. The first-order valence-electron chi connectivity index (χ1n) is 7.11. The molecule has 2 unspecified atom stereocenters. The lowest BCUT2D eigenvalue weighted by Gasteiger charge is -2.20. The van der Waals surface area contributed by atoms with Gasteiger partial charge in [-0.2, -0.15) is 0 Å². The largest absolute Gasteiger partial charge is 1.00 e. The van der Waals surface area contributed by atoms with E-state index in [1.165, 1.54) is 7.11 Å². The van der Waals surface area contributed by atoms with Gasteiger partial charge in [0.15, 0.2) is 0 Å². The highest BCUT2D eigenvalue weighted by atomic mass is 35.5. The standard InChI is InChI=1S/C16H24N2O3.ClH/c1-11(2)9-14(16(20)21-3)18-15(19)13(17)10-12-7-5-4-6-8-12;/h4-8,11,13-14H,9-10,17H2,1-3H3,(H,18,19);1H/p-1. The second-order valence-electron chi connectivity index (χ2n) is 5.51. The van der Waals surface area contributed by atoms with Crippen LogP contribution in [0.1, 0.15) is 25.8 Å². The molecule has 1 aromatic carbocycles. The maximum atomic E-state index is 12.1. The lowest BCUT2D eigenvalue weighted by atomic mass is 10.0. The van der Waals surface area contributed by atoms with Gasteiger partial charge in [0.1, 0.15) is 6.04 Å². The summed E-state index contributed by atoms with van der Waals surface area (Å²) in [5.74, 6) is -0.515. The van der Waals surface area contributed by atoms with Crippen molar-refractivity contribution in [1.29, 1.82) is 0 Å². The molecule has 5 nitrogen and oxygen atoms in total. The maximum absolute atomic E-state index is 12.1. The monoisotopic (exact) mass is 327 g/mol. The lowest BCUT2D eigenvalue weighted by Crippen LogP contribution is -3.00. The number of amides is 1. The summed E-state index contributed by atoms with van der Waals surface area (Å²) < 4.78 is 4.72. The van der Waals surface area contributed by atoms with Gasteiger partial charge < -0.3 is 28.2 Å². The number of ether oxygens (including phenoxy) is 1. The van der Waals surface area contributed by atoms with E-state index in [1.54, 1.807) is 0 Å². The minimum absolute atomic E-state index is 0. The molecule has 0 aliphatic carbocycles. The molecule has 3 N–H and O–H groups in total. The van der Waals surface area contributed by atoms with E-state index in [-0.39, 0.29) is 24.2 Å². The zero-order valence-electron chi connectivity index (χ0n) is 13.2. The van der Waals surface area contributed by atoms with Crippen LogP contribution in [0.25, 0.3) is 0 Å². The van der Waals surface area contributed by atoms with E-state index >= 15 is 0 Å². The predicted molar refractivity (Wildman–Crippen MR) is 81.5 cm³/mol. The third-order valence-electron chi connectivity index (χ3n) is 3.14. The molecule has 0 bridgehead atoms. The molecule has 22 heavy (non-hydrogen) atoms. The van der Waals surface area contributed by atoms with Crippen LogP contribution in [0.15, 0.2) is 30.3 Å². The smallest absolute Gasteiger partial charge is 0.328 e. The quantitative estimate of drug-likeness (QED) is 0.583. The Kier molecular flexibility index (Phi) is 9.45. The van der Waals surface area contributed by atoms with Crippen LogP contribution in [0.4, 0.5) is 0 Å². The average molecular weight is 328 g/mol. The van der Waals surface area contributed by atoms with E-state index in [0.717, 1.165) is 5.56 Å². The molecule has 0 heterocycles. The second-order valence-corrected chi connectivity index (χ2v) is 5.51. The lowest BCUT2D eigenvalue weighted by molar-refractivity contribution is -0.145. The molecule has 0 aliphatic rings. The fourth-order valence-electron chi connectivity index (χ4n) is 2.07. The Bertz CT molecular complexity index is 466. The minimum atomic E-state index is -0.688. The molecule has 0 radical (unpaired) electrons. The van der Waals surface area contributed by atoms with Crippen molar-refractivity contribution >= 4 is 11.9 Å². The van der Waals surface area contributed by atoms with Crippen LogP contribution >= 0.6 is 0 Å². The van der Waals surface area contributed by atoms with Crippen LogP contribution < -0.4 is 23.5 Å². The van der Waals surface area contributed by atoms with Gasteiger partial charge in [-0.3, -0.25) is 4.79 Å². The Morgan fingerprint density at radius 3 is 2.32 bits per heavy atom. The fraction of sp³-hybridized carbons (Fsp3) is 0.500. The molecule has 1 rings (SSSR count). The van der Waals surface area contributed by atoms with Crippen LogP contribution in [-0.2, 0) is 20.7 Å². The van der Waals surface area contributed by atoms with Crippen molar-refractivity contribution < 1.29 is 26.7 Å². The third kappa shape index (κ3) is 6.91. The third-order valence-corrected chi connectivity index (χ3v) is 3.14. The van der Waals surface area contributed by atoms with Crippen molar-refractivity contribution in [3.8, 4) is 0 Å². The molecule has 1 aromatic rings. The van der Waals surface area contributed by atoms with E-state index in [0.29, 0.717) is 12.8 Å². The Labute approximate surface area is 138 Å². The van der Waals surface area contributed by atoms with Gasteiger partial charge in [-0.1, -0.05) is 44.2 Å². The Hall–Kier alpha value is -1.59. The summed E-state index contributed by atoms with van der Waals surface area (Å²) >= 11 is 0. The van der Waals surface area contributed by atoms with Gasteiger partial charge in [-0.25, -0.2) is 4.79 Å². The molecule has 124 valence electrons.